The summed E-state index contributed by atoms with van der Waals surface area (Å²) in [6.45, 7) is 5.92. The molecule has 0 fully saturated rings. The average Bonchev–Trinajstić information content (AvgIpc) is 2.46. The number of nitrogens with one attached hydrogen (secondary N) is 1. The molecule has 0 unspecified atom stereocenters. The summed E-state index contributed by atoms with van der Waals surface area (Å²) in [5.74, 6) is -0.0780. The predicted molar refractivity (Wildman–Crippen MR) is 84.3 cm³/mol. The first-order chi connectivity index (χ1) is 9.83. The molecule has 5 nitrogen and oxygen atoms in total. The zero-order valence-electron chi connectivity index (χ0n) is 13.3. The molecule has 1 amide bonds. The summed E-state index contributed by atoms with van der Waals surface area (Å²) < 4.78 is 0. The molecule has 0 radical (unpaired) electrons. The van der Waals surface area contributed by atoms with Crippen LogP contribution in [0, 0.1) is 19.3 Å². The second kappa shape index (κ2) is 7.43. The van der Waals surface area contributed by atoms with Crippen LogP contribution in [0.5, 0.6) is 0 Å². The van der Waals surface area contributed by atoms with Gasteiger partial charge in [0.1, 0.15) is 0 Å². The zero-order valence-corrected chi connectivity index (χ0v) is 13.3. The molecule has 1 aromatic rings. The molecule has 1 rings (SSSR count). The van der Waals surface area contributed by atoms with Gasteiger partial charge in [-0.15, -0.1) is 0 Å². The van der Waals surface area contributed by atoms with Crippen molar-refractivity contribution < 1.29 is 15.0 Å². The molecule has 0 aliphatic carbocycles. The van der Waals surface area contributed by atoms with E-state index >= 15 is 0 Å². The molecule has 0 atom stereocenters. The minimum Gasteiger partial charge on any atom is -0.396 e. The Morgan fingerprint density at radius 1 is 1.24 bits per heavy atom. The number of aryl methyl sites for hydroxylation is 2. The minimum atomic E-state index is -0.678. The average molecular weight is 294 g/mol. The van der Waals surface area contributed by atoms with E-state index in [9.17, 15) is 15.0 Å². The number of rotatable bonds is 7. The first kappa shape index (κ1) is 17.5. The summed E-state index contributed by atoms with van der Waals surface area (Å²) in [6, 6.07) is 5.98. The number of aliphatic hydroxyl groups excluding tert-OH is 2. The number of aliphatic hydroxyl groups is 2. The first-order valence-electron chi connectivity index (χ1n) is 7.09. The third kappa shape index (κ3) is 4.72. The fourth-order valence-electron chi connectivity index (χ4n) is 2.20. The third-order valence-corrected chi connectivity index (χ3v) is 3.71. The van der Waals surface area contributed by atoms with E-state index in [2.05, 4.69) is 5.32 Å². The smallest absolute Gasteiger partial charge is 0.241 e. The number of nitrogens with zero attached hydrogens (tertiary/aromatic N) is 1. The highest BCUT2D eigenvalue weighted by Gasteiger charge is 2.26. The summed E-state index contributed by atoms with van der Waals surface area (Å²) >= 11 is 0. The second-order valence-electron chi connectivity index (χ2n) is 6.00. The van der Waals surface area contributed by atoms with Crippen molar-refractivity contribution in [3.05, 3.63) is 29.3 Å². The molecule has 0 spiro atoms. The fourth-order valence-corrected chi connectivity index (χ4v) is 2.20. The Bertz CT molecular complexity index is 464. The largest absolute Gasteiger partial charge is 0.396 e. The van der Waals surface area contributed by atoms with E-state index in [0.29, 0.717) is 6.54 Å². The molecule has 0 aliphatic rings. The Balaban J connectivity index is 2.61. The van der Waals surface area contributed by atoms with Crippen molar-refractivity contribution in [1.82, 2.24) is 4.90 Å². The predicted octanol–water partition coefficient (Wildman–Crippen LogP) is 1.16. The highest BCUT2D eigenvalue weighted by molar-refractivity contribution is 5.81. The van der Waals surface area contributed by atoms with Crippen LogP contribution in [-0.4, -0.2) is 54.4 Å². The molecule has 118 valence electrons. The van der Waals surface area contributed by atoms with Crippen LogP contribution in [-0.2, 0) is 4.79 Å². The van der Waals surface area contributed by atoms with Crippen LogP contribution in [0.15, 0.2) is 18.2 Å². The maximum Gasteiger partial charge on any atom is 0.241 e. The Morgan fingerprint density at radius 2 is 1.76 bits per heavy atom. The van der Waals surface area contributed by atoms with Gasteiger partial charge in [-0.3, -0.25) is 4.79 Å². The lowest BCUT2D eigenvalue weighted by atomic mass is 9.92. The minimum absolute atomic E-state index is 0.0780. The van der Waals surface area contributed by atoms with Gasteiger partial charge in [0.15, 0.2) is 0 Å². The van der Waals surface area contributed by atoms with Crippen molar-refractivity contribution in [2.24, 2.45) is 5.41 Å². The van der Waals surface area contributed by atoms with Crippen molar-refractivity contribution in [1.29, 1.82) is 0 Å². The number of hydrogen-bond donors (Lipinski definition) is 3. The summed E-state index contributed by atoms with van der Waals surface area (Å²) in [5.41, 5.74) is 2.50. The highest BCUT2D eigenvalue weighted by Crippen LogP contribution is 2.19. The van der Waals surface area contributed by atoms with Gasteiger partial charge in [-0.05, 0) is 25.0 Å². The maximum absolute atomic E-state index is 12.1. The molecule has 5 heteroatoms. The number of likely N-dealkylation sites (N-methyl/N-ethyl adjacent to an activating group) is 1. The van der Waals surface area contributed by atoms with Gasteiger partial charge in [0.25, 0.3) is 0 Å². The van der Waals surface area contributed by atoms with E-state index in [0.717, 1.165) is 16.8 Å². The van der Waals surface area contributed by atoms with Gasteiger partial charge in [-0.2, -0.15) is 0 Å². The Labute approximate surface area is 126 Å². The van der Waals surface area contributed by atoms with Crippen LogP contribution in [0.25, 0.3) is 0 Å². The van der Waals surface area contributed by atoms with Gasteiger partial charge in [-0.25, -0.2) is 0 Å². The molecule has 0 bridgehead atoms. The number of para-hydroxylation sites is 1. The van der Waals surface area contributed by atoms with Crippen molar-refractivity contribution >= 4 is 11.6 Å². The number of amides is 1. The van der Waals surface area contributed by atoms with Gasteiger partial charge in [0.05, 0.1) is 19.8 Å². The van der Waals surface area contributed by atoms with Gasteiger partial charge in [-0.1, -0.05) is 25.1 Å². The summed E-state index contributed by atoms with van der Waals surface area (Å²) in [7, 11) is 1.68. The van der Waals surface area contributed by atoms with Crippen LogP contribution >= 0.6 is 0 Å². The number of carbonyl (C=O) groups excluding carboxylic acids is 1. The van der Waals surface area contributed by atoms with Crippen LogP contribution < -0.4 is 5.32 Å². The van der Waals surface area contributed by atoms with E-state index in [-0.39, 0.29) is 25.7 Å². The number of anilines is 1. The molecule has 0 saturated carbocycles. The van der Waals surface area contributed by atoms with Crippen LogP contribution in [0.2, 0.25) is 0 Å². The maximum atomic E-state index is 12.1. The van der Waals surface area contributed by atoms with E-state index in [1.807, 2.05) is 32.0 Å². The SMILES string of the molecule is Cc1cccc(C)c1NCC(=O)N(C)CC(C)(CO)CO. The van der Waals surface area contributed by atoms with Crippen molar-refractivity contribution in [2.45, 2.75) is 20.8 Å². The summed E-state index contributed by atoms with van der Waals surface area (Å²) in [5, 5.41) is 21.7. The summed E-state index contributed by atoms with van der Waals surface area (Å²) in [4.78, 5) is 13.7. The molecule has 0 heterocycles. The van der Waals surface area contributed by atoms with Gasteiger partial charge < -0.3 is 20.4 Å². The van der Waals surface area contributed by atoms with Crippen LogP contribution in [0.4, 0.5) is 5.69 Å². The Kier molecular flexibility index (Phi) is 6.18. The number of hydrogen-bond acceptors (Lipinski definition) is 4. The summed E-state index contributed by atoms with van der Waals surface area (Å²) in [6.07, 6.45) is 0. The standard InChI is InChI=1S/C16H26N2O3/c1-12-6-5-7-13(2)15(12)17-8-14(21)18(4)9-16(3,10-19)11-20/h5-7,17,19-20H,8-11H2,1-4H3. The van der Waals surface area contributed by atoms with Crippen LogP contribution in [0.1, 0.15) is 18.1 Å². The normalized spacial score (nSPS) is 11.3. The van der Waals surface area contributed by atoms with Gasteiger partial charge >= 0.3 is 0 Å². The molecule has 0 aliphatic heterocycles. The molecular weight excluding hydrogens is 268 g/mol. The van der Waals surface area contributed by atoms with Crippen LogP contribution in [0.3, 0.4) is 0 Å². The lowest BCUT2D eigenvalue weighted by Gasteiger charge is -2.30. The van der Waals surface area contributed by atoms with Crippen molar-refractivity contribution in [3.63, 3.8) is 0 Å². The van der Waals surface area contributed by atoms with E-state index in [4.69, 9.17) is 0 Å². The molecular formula is C16H26N2O3. The lowest BCUT2D eigenvalue weighted by molar-refractivity contribution is -0.130. The topological polar surface area (TPSA) is 72.8 Å². The van der Waals surface area contributed by atoms with Gasteiger partial charge in [0.2, 0.25) is 5.91 Å². The number of carbonyl (C=O) groups is 1. The lowest BCUT2D eigenvalue weighted by Crippen LogP contribution is -2.43. The van der Waals surface area contributed by atoms with Gasteiger partial charge in [0, 0.05) is 24.7 Å². The van der Waals surface area contributed by atoms with Crippen molar-refractivity contribution in [2.75, 3.05) is 38.7 Å². The number of benzene rings is 1. The zero-order chi connectivity index (χ0) is 16.0. The Morgan fingerprint density at radius 3 is 2.24 bits per heavy atom. The Hall–Kier alpha value is -1.59. The molecule has 1 aromatic carbocycles. The van der Waals surface area contributed by atoms with E-state index in [1.165, 1.54) is 4.90 Å². The van der Waals surface area contributed by atoms with E-state index in [1.54, 1.807) is 14.0 Å². The molecule has 3 N–H and O–H groups in total. The fraction of sp³-hybridized carbons (Fsp3) is 0.562. The molecule has 0 saturated heterocycles. The monoisotopic (exact) mass is 294 g/mol. The molecule has 0 aromatic heterocycles. The second-order valence-corrected chi connectivity index (χ2v) is 6.00. The molecule has 21 heavy (non-hydrogen) atoms. The highest BCUT2D eigenvalue weighted by atomic mass is 16.3. The quantitative estimate of drug-likeness (QED) is 0.706. The van der Waals surface area contributed by atoms with Crippen molar-refractivity contribution in [3.8, 4) is 0 Å². The van der Waals surface area contributed by atoms with E-state index < -0.39 is 5.41 Å². The first-order valence-corrected chi connectivity index (χ1v) is 7.09. The third-order valence-electron chi connectivity index (χ3n) is 3.71.